The molecule has 0 amide bonds. The Morgan fingerprint density at radius 3 is 2.53 bits per heavy atom. The maximum atomic E-state index is 11.1. The Balaban J connectivity index is 1.34. The molecule has 1 aromatic carbocycles. The fraction of sp³-hybridized carbons (Fsp3) is 0.483. The van der Waals surface area contributed by atoms with Crippen LogP contribution in [0.5, 0.6) is 0 Å². The van der Waals surface area contributed by atoms with Crippen LogP contribution in [0.3, 0.4) is 0 Å². The average molecular weight is 460 g/mol. The number of piperazine rings is 1. The Morgan fingerprint density at radius 2 is 1.82 bits per heavy atom. The first kappa shape index (κ1) is 23.3. The van der Waals surface area contributed by atoms with Gasteiger partial charge in [-0.3, -0.25) is 4.90 Å². The van der Waals surface area contributed by atoms with Crippen molar-refractivity contribution in [3.05, 3.63) is 83.1 Å². The summed E-state index contributed by atoms with van der Waals surface area (Å²) in [5, 5.41) is 11.1. The van der Waals surface area contributed by atoms with E-state index in [2.05, 4.69) is 58.4 Å². The molecule has 5 heteroatoms. The predicted octanol–water partition coefficient (Wildman–Crippen LogP) is 5.30. The van der Waals surface area contributed by atoms with Gasteiger partial charge in [0.1, 0.15) is 5.82 Å². The highest BCUT2D eigenvalue weighted by Crippen LogP contribution is 2.42. The minimum atomic E-state index is -0.985. The smallest absolute Gasteiger partial charge is 0.185 e. The Morgan fingerprint density at radius 1 is 1.03 bits per heavy atom. The van der Waals surface area contributed by atoms with Crippen molar-refractivity contribution >= 4 is 5.82 Å². The molecule has 5 rings (SSSR count). The summed E-state index contributed by atoms with van der Waals surface area (Å²) in [4.78, 5) is 9.65. The first-order valence-corrected chi connectivity index (χ1v) is 12.8. The molecule has 2 unspecified atom stereocenters. The van der Waals surface area contributed by atoms with Crippen molar-refractivity contribution in [2.24, 2.45) is 0 Å². The van der Waals surface area contributed by atoms with Crippen LogP contribution in [0.25, 0.3) is 0 Å². The van der Waals surface area contributed by atoms with Gasteiger partial charge in [-0.05, 0) is 61.8 Å². The number of aliphatic hydroxyl groups excluding tert-OH is 1. The molecule has 2 aromatic rings. The summed E-state index contributed by atoms with van der Waals surface area (Å²) in [6.45, 7) is 8.68. The van der Waals surface area contributed by atoms with Gasteiger partial charge in [-0.2, -0.15) is 0 Å². The number of aromatic nitrogens is 1. The minimum Gasteiger partial charge on any atom is -0.364 e. The third-order valence-corrected chi connectivity index (χ3v) is 7.17. The zero-order valence-electron chi connectivity index (χ0n) is 20.4. The molecule has 5 nitrogen and oxygen atoms in total. The summed E-state index contributed by atoms with van der Waals surface area (Å²) in [6.07, 6.45) is 13.0. The summed E-state index contributed by atoms with van der Waals surface area (Å²) < 4.78 is 5.88. The van der Waals surface area contributed by atoms with Gasteiger partial charge >= 0.3 is 0 Å². The zero-order valence-corrected chi connectivity index (χ0v) is 20.4. The number of pyridine rings is 1. The molecule has 2 atom stereocenters. The van der Waals surface area contributed by atoms with E-state index in [1.54, 1.807) is 5.56 Å². The van der Waals surface area contributed by atoms with E-state index in [4.69, 9.17) is 9.72 Å². The predicted molar refractivity (Wildman–Crippen MR) is 137 cm³/mol. The maximum absolute atomic E-state index is 11.1. The number of nitrogens with zero attached hydrogens (tertiary/aromatic N) is 3. The van der Waals surface area contributed by atoms with Crippen LogP contribution in [0, 0.1) is 0 Å². The molecule has 1 aromatic heterocycles. The molecular weight excluding hydrogens is 422 g/mol. The molecular formula is C29H37N3O2. The lowest BCUT2D eigenvalue weighted by Crippen LogP contribution is -2.46. The number of benzene rings is 1. The molecule has 1 saturated carbocycles. The summed E-state index contributed by atoms with van der Waals surface area (Å²) in [6, 6.07) is 11.0. The van der Waals surface area contributed by atoms with E-state index in [1.807, 2.05) is 26.1 Å². The normalized spacial score (nSPS) is 21.9. The number of allylic oxidation sites excluding steroid dienone is 4. The van der Waals surface area contributed by atoms with Crippen LogP contribution in [-0.4, -0.2) is 47.3 Å². The van der Waals surface area contributed by atoms with Crippen LogP contribution < -0.4 is 4.90 Å². The van der Waals surface area contributed by atoms with Gasteiger partial charge in [0, 0.05) is 44.8 Å². The van der Waals surface area contributed by atoms with E-state index in [-0.39, 0.29) is 12.0 Å². The highest BCUT2D eigenvalue weighted by Gasteiger charge is 2.29. The van der Waals surface area contributed by atoms with E-state index in [1.165, 1.54) is 18.4 Å². The third-order valence-electron chi connectivity index (χ3n) is 7.17. The second-order valence-electron chi connectivity index (χ2n) is 10.1. The SMILES string of the molecule is CC(C)OC(O)c1c(C2C=CC=CC2)ccnc1N1CCN(Cc2ccccc2C2CC2)CC1. The first-order chi connectivity index (χ1) is 16.6. The number of hydrogen-bond donors (Lipinski definition) is 1. The largest absolute Gasteiger partial charge is 0.364 e. The van der Waals surface area contributed by atoms with Gasteiger partial charge in [0.05, 0.1) is 11.7 Å². The van der Waals surface area contributed by atoms with E-state index in [0.29, 0.717) is 0 Å². The molecule has 2 fully saturated rings. The fourth-order valence-corrected chi connectivity index (χ4v) is 5.27. The van der Waals surface area contributed by atoms with E-state index >= 15 is 0 Å². The van der Waals surface area contributed by atoms with Gasteiger partial charge < -0.3 is 14.7 Å². The molecule has 34 heavy (non-hydrogen) atoms. The third kappa shape index (κ3) is 5.27. The highest BCUT2D eigenvalue weighted by atomic mass is 16.6. The molecule has 2 heterocycles. The molecule has 1 saturated heterocycles. The summed E-state index contributed by atoms with van der Waals surface area (Å²) >= 11 is 0. The molecule has 0 bridgehead atoms. The van der Waals surface area contributed by atoms with Crippen LogP contribution in [0.1, 0.15) is 73.5 Å². The molecule has 2 aliphatic carbocycles. The topological polar surface area (TPSA) is 48.8 Å². The van der Waals surface area contributed by atoms with Crippen molar-refractivity contribution in [2.75, 3.05) is 31.1 Å². The van der Waals surface area contributed by atoms with E-state index in [0.717, 1.165) is 62.0 Å². The monoisotopic (exact) mass is 459 g/mol. The maximum Gasteiger partial charge on any atom is 0.185 e. The van der Waals surface area contributed by atoms with Crippen LogP contribution in [0.4, 0.5) is 5.82 Å². The van der Waals surface area contributed by atoms with Gasteiger partial charge in [0.25, 0.3) is 0 Å². The molecule has 0 radical (unpaired) electrons. The van der Waals surface area contributed by atoms with Gasteiger partial charge in [0.2, 0.25) is 0 Å². The van der Waals surface area contributed by atoms with Gasteiger partial charge in [0.15, 0.2) is 6.29 Å². The van der Waals surface area contributed by atoms with E-state index < -0.39 is 6.29 Å². The Bertz CT molecular complexity index is 1040. The Hall–Kier alpha value is -2.47. The molecule has 1 aliphatic heterocycles. The van der Waals surface area contributed by atoms with Crippen molar-refractivity contribution in [3.63, 3.8) is 0 Å². The van der Waals surface area contributed by atoms with Crippen LogP contribution in [0.2, 0.25) is 0 Å². The Kier molecular flexibility index (Phi) is 7.14. The second kappa shape index (κ2) is 10.4. The van der Waals surface area contributed by atoms with Crippen LogP contribution >= 0.6 is 0 Å². The minimum absolute atomic E-state index is 0.0684. The molecule has 0 spiro atoms. The van der Waals surface area contributed by atoms with Gasteiger partial charge in [-0.1, -0.05) is 48.6 Å². The Labute approximate surface area is 203 Å². The number of rotatable bonds is 8. The standard InChI is InChI=1S/C29H37N3O2/c1-21(2)34-29(33)27-26(22-8-4-3-5-9-22)14-15-30-28(27)32-18-16-31(17-19-32)20-24-10-6-7-11-25(24)23-12-13-23/h3-8,10-11,14-15,21-23,29,33H,9,12-13,16-20H2,1-2H3. The number of ether oxygens (including phenoxy) is 1. The summed E-state index contributed by atoms with van der Waals surface area (Å²) in [7, 11) is 0. The molecule has 180 valence electrons. The lowest BCUT2D eigenvalue weighted by atomic mass is 9.89. The van der Waals surface area contributed by atoms with Crippen LogP contribution in [-0.2, 0) is 11.3 Å². The van der Waals surface area contributed by atoms with Crippen molar-refractivity contribution in [3.8, 4) is 0 Å². The summed E-state index contributed by atoms with van der Waals surface area (Å²) in [5.41, 5.74) is 4.97. The lowest BCUT2D eigenvalue weighted by molar-refractivity contribution is -0.129. The van der Waals surface area contributed by atoms with Crippen molar-refractivity contribution in [1.82, 2.24) is 9.88 Å². The van der Waals surface area contributed by atoms with Gasteiger partial charge in [-0.15, -0.1) is 0 Å². The quantitative estimate of drug-likeness (QED) is 0.543. The van der Waals surface area contributed by atoms with Gasteiger partial charge in [-0.25, -0.2) is 4.98 Å². The second-order valence-corrected chi connectivity index (χ2v) is 10.1. The summed E-state index contributed by atoms with van der Waals surface area (Å²) in [5.74, 6) is 1.87. The van der Waals surface area contributed by atoms with Crippen LogP contribution in [0.15, 0.2) is 60.8 Å². The number of hydrogen-bond acceptors (Lipinski definition) is 5. The average Bonchev–Trinajstić information content (AvgIpc) is 3.70. The lowest BCUT2D eigenvalue weighted by Gasteiger charge is -2.37. The van der Waals surface area contributed by atoms with E-state index in [9.17, 15) is 5.11 Å². The van der Waals surface area contributed by atoms with Crippen molar-refractivity contribution in [1.29, 1.82) is 0 Å². The zero-order chi connectivity index (χ0) is 23.5. The first-order valence-electron chi connectivity index (χ1n) is 12.8. The highest BCUT2D eigenvalue weighted by molar-refractivity contribution is 5.54. The number of aliphatic hydroxyl groups is 1. The van der Waals surface area contributed by atoms with Crippen molar-refractivity contribution < 1.29 is 9.84 Å². The molecule has 3 aliphatic rings. The number of anilines is 1. The van der Waals surface area contributed by atoms with Crippen molar-refractivity contribution in [2.45, 2.75) is 63.9 Å². The molecule has 1 N–H and O–H groups in total. The fourth-order valence-electron chi connectivity index (χ4n) is 5.27.